The van der Waals surface area contributed by atoms with Crippen molar-refractivity contribution < 1.29 is 5.11 Å². The molecule has 0 aliphatic carbocycles. The number of rotatable bonds is 5. The fourth-order valence-electron chi connectivity index (χ4n) is 1.15. The summed E-state index contributed by atoms with van der Waals surface area (Å²) in [5.74, 6) is 0. The summed E-state index contributed by atoms with van der Waals surface area (Å²) in [6, 6.07) is 2.59. The highest BCUT2D eigenvalue weighted by Crippen LogP contribution is 2.08. The zero-order chi connectivity index (χ0) is 8.81. The second-order valence-electron chi connectivity index (χ2n) is 2.91. The first kappa shape index (κ1) is 9.71. The predicted octanol–water partition coefficient (Wildman–Crippen LogP) is 1.26. The molecule has 0 aliphatic heterocycles. The second-order valence-corrected chi connectivity index (χ2v) is 3.69. The van der Waals surface area contributed by atoms with Crippen LogP contribution in [-0.2, 0) is 6.42 Å². The van der Waals surface area contributed by atoms with Crippen molar-refractivity contribution in [3.8, 4) is 0 Å². The van der Waals surface area contributed by atoms with Crippen LogP contribution < -0.4 is 5.32 Å². The van der Waals surface area contributed by atoms with E-state index < -0.39 is 0 Å². The van der Waals surface area contributed by atoms with Gasteiger partial charge < -0.3 is 10.4 Å². The van der Waals surface area contributed by atoms with Gasteiger partial charge in [0, 0.05) is 12.6 Å². The van der Waals surface area contributed by atoms with E-state index in [4.69, 9.17) is 5.11 Å². The summed E-state index contributed by atoms with van der Waals surface area (Å²) in [7, 11) is 0. The quantitative estimate of drug-likeness (QED) is 0.724. The van der Waals surface area contributed by atoms with Gasteiger partial charge in [-0.2, -0.15) is 11.3 Å². The predicted molar refractivity (Wildman–Crippen MR) is 52.6 cm³/mol. The van der Waals surface area contributed by atoms with Crippen LogP contribution in [0, 0.1) is 0 Å². The molecule has 2 nitrogen and oxygen atoms in total. The average Bonchev–Trinajstić information content (AvgIpc) is 2.53. The number of nitrogens with one attached hydrogen (secondary N) is 1. The minimum Gasteiger partial charge on any atom is -0.395 e. The molecule has 0 amide bonds. The van der Waals surface area contributed by atoms with Gasteiger partial charge in [-0.15, -0.1) is 0 Å². The highest BCUT2D eigenvalue weighted by Gasteiger charge is 2.01. The van der Waals surface area contributed by atoms with Gasteiger partial charge in [-0.25, -0.2) is 0 Å². The third-order valence-corrected chi connectivity index (χ3v) is 2.46. The number of thiophene rings is 1. The number of hydrogen-bond acceptors (Lipinski definition) is 3. The molecule has 2 N–H and O–H groups in total. The topological polar surface area (TPSA) is 32.3 Å². The summed E-state index contributed by atoms with van der Waals surface area (Å²) < 4.78 is 0. The van der Waals surface area contributed by atoms with Gasteiger partial charge in [0.2, 0.25) is 0 Å². The maximum atomic E-state index is 8.58. The lowest BCUT2D eigenvalue weighted by Crippen LogP contribution is -2.30. The molecule has 1 atom stereocenters. The zero-order valence-corrected chi connectivity index (χ0v) is 8.10. The van der Waals surface area contributed by atoms with E-state index in [1.165, 1.54) is 5.56 Å². The Morgan fingerprint density at radius 1 is 1.67 bits per heavy atom. The standard InChI is InChI=1S/C9H15NOS/c1-8(10-3-4-11)6-9-2-5-12-7-9/h2,5,7-8,10-11H,3-4,6H2,1H3. The molecule has 1 aromatic rings. The van der Waals surface area contributed by atoms with Crippen molar-refractivity contribution in [2.45, 2.75) is 19.4 Å². The van der Waals surface area contributed by atoms with Crippen LogP contribution in [0.2, 0.25) is 0 Å². The van der Waals surface area contributed by atoms with Crippen molar-refractivity contribution in [2.24, 2.45) is 0 Å². The molecule has 1 heterocycles. The molecule has 0 aromatic carbocycles. The van der Waals surface area contributed by atoms with E-state index in [1.807, 2.05) is 0 Å². The lowest BCUT2D eigenvalue weighted by Gasteiger charge is -2.11. The summed E-state index contributed by atoms with van der Waals surface area (Å²) in [5, 5.41) is 16.1. The van der Waals surface area contributed by atoms with Crippen LogP contribution in [0.5, 0.6) is 0 Å². The first-order valence-electron chi connectivity index (χ1n) is 4.18. The van der Waals surface area contributed by atoms with Crippen molar-refractivity contribution in [1.29, 1.82) is 0 Å². The van der Waals surface area contributed by atoms with Crippen LogP contribution in [0.3, 0.4) is 0 Å². The van der Waals surface area contributed by atoms with E-state index in [-0.39, 0.29) is 6.61 Å². The van der Waals surface area contributed by atoms with Crippen molar-refractivity contribution in [3.05, 3.63) is 22.4 Å². The maximum absolute atomic E-state index is 8.58. The maximum Gasteiger partial charge on any atom is 0.0556 e. The molecule has 1 aromatic heterocycles. The monoisotopic (exact) mass is 185 g/mol. The van der Waals surface area contributed by atoms with Gasteiger partial charge in [-0.05, 0) is 35.7 Å². The Kier molecular flexibility index (Phi) is 4.29. The Morgan fingerprint density at radius 2 is 2.50 bits per heavy atom. The van der Waals surface area contributed by atoms with Gasteiger partial charge in [-0.1, -0.05) is 0 Å². The summed E-state index contributed by atoms with van der Waals surface area (Å²) in [5.41, 5.74) is 1.37. The summed E-state index contributed by atoms with van der Waals surface area (Å²) in [6.07, 6.45) is 1.05. The Hall–Kier alpha value is -0.380. The summed E-state index contributed by atoms with van der Waals surface area (Å²) in [4.78, 5) is 0. The fourth-order valence-corrected chi connectivity index (χ4v) is 1.83. The van der Waals surface area contributed by atoms with Crippen LogP contribution in [0.1, 0.15) is 12.5 Å². The number of aliphatic hydroxyl groups excluding tert-OH is 1. The normalized spacial score (nSPS) is 13.2. The molecule has 68 valence electrons. The third-order valence-electron chi connectivity index (χ3n) is 1.73. The van der Waals surface area contributed by atoms with Crippen molar-refractivity contribution in [3.63, 3.8) is 0 Å². The van der Waals surface area contributed by atoms with Gasteiger partial charge >= 0.3 is 0 Å². The molecule has 12 heavy (non-hydrogen) atoms. The van der Waals surface area contributed by atoms with Crippen LogP contribution in [0.25, 0.3) is 0 Å². The van der Waals surface area contributed by atoms with Crippen LogP contribution in [0.15, 0.2) is 16.8 Å². The van der Waals surface area contributed by atoms with E-state index in [2.05, 4.69) is 29.1 Å². The largest absolute Gasteiger partial charge is 0.395 e. The molecule has 0 fully saturated rings. The van der Waals surface area contributed by atoms with Gasteiger partial charge in [0.1, 0.15) is 0 Å². The second kappa shape index (κ2) is 5.30. The molecule has 0 saturated carbocycles. The van der Waals surface area contributed by atoms with Crippen molar-refractivity contribution >= 4 is 11.3 Å². The lowest BCUT2D eigenvalue weighted by atomic mass is 10.1. The first-order valence-corrected chi connectivity index (χ1v) is 5.12. The van der Waals surface area contributed by atoms with E-state index in [1.54, 1.807) is 11.3 Å². The molecular formula is C9H15NOS. The molecule has 0 aliphatic rings. The summed E-state index contributed by atoms with van der Waals surface area (Å²) >= 11 is 1.73. The van der Waals surface area contributed by atoms with Crippen LogP contribution in [0.4, 0.5) is 0 Å². The molecule has 0 spiro atoms. The molecular weight excluding hydrogens is 170 g/mol. The SMILES string of the molecule is CC(Cc1ccsc1)NCCO. The minimum absolute atomic E-state index is 0.216. The Bertz CT molecular complexity index is 198. The molecule has 3 heteroatoms. The van der Waals surface area contributed by atoms with Crippen molar-refractivity contribution in [2.75, 3.05) is 13.2 Å². The van der Waals surface area contributed by atoms with Crippen LogP contribution >= 0.6 is 11.3 Å². The van der Waals surface area contributed by atoms with Crippen LogP contribution in [-0.4, -0.2) is 24.3 Å². The Morgan fingerprint density at radius 3 is 3.08 bits per heavy atom. The fraction of sp³-hybridized carbons (Fsp3) is 0.556. The highest BCUT2D eigenvalue weighted by molar-refractivity contribution is 7.07. The first-order chi connectivity index (χ1) is 5.83. The van der Waals surface area contributed by atoms with Gasteiger partial charge in [-0.3, -0.25) is 0 Å². The van der Waals surface area contributed by atoms with E-state index in [9.17, 15) is 0 Å². The Labute approximate surface area is 77.2 Å². The van der Waals surface area contributed by atoms with Crippen molar-refractivity contribution in [1.82, 2.24) is 5.32 Å². The van der Waals surface area contributed by atoms with E-state index >= 15 is 0 Å². The molecule has 0 radical (unpaired) electrons. The molecule has 0 saturated heterocycles. The number of hydrogen-bond donors (Lipinski definition) is 2. The van der Waals surface area contributed by atoms with Gasteiger partial charge in [0.15, 0.2) is 0 Å². The molecule has 1 rings (SSSR count). The molecule has 1 unspecified atom stereocenters. The molecule has 0 bridgehead atoms. The van der Waals surface area contributed by atoms with Gasteiger partial charge in [0.05, 0.1) is 6.61 Å². The minimum atomic E-state index is 0.216. The lowest BCUT2D eigenvalue weighted by molar-refractivity contribution is 0.285. The van der Waals surface area contributed by atoms with E-state index in [0.29, 0.717) is 12.6 Å². The third kappa shape index (κ3) is 3.34. The zero-order valence-electron chi connectivity index (χ0n) is 7.29. The summed E-state index contributed by atoms with van der Waals surface area (Å²) in [6.45, 7) is 3.03. The van der Waals surface area contributed by atoms with Gasteiger partial charge in [0.25, 0.3) is 0 Å². The highest BCUT2D eigenvalue weighted by atomic mass is 32.1. The number of aliphatic hydroxyl groups is 1. The average molecular weight is 185 g/mol. The smallest absolute Gasteiger partial charge is 0.0556 e. The Balaban J connectivity index is 2.22. The van der Waals surface area contributed by atoms with E-state index in [0.717, 1.165) is 6.42 Å².